The molecule has 0 spiro atoms. The SMILES string of the molecule is COCC(O)Cc1nc(CSc2cccc(Cl)c2)no1. The zero-order valence-electron chi connectivity index (χ0n) is 11.0. The summed E-state index contributed by atoms with van der Waals surface area (Å²) in [7, 11) is 1.53. The van der Waals surface area contributed by atoms with Gasteiger partial charge in [0.05, 0.1) is 24.9 Å². The Morgan fingerprint density at radius 2 is 2.35 bits per heavy atom. The summed E-state index contributed by atoms with van der Waals surface area (Å²) >= 11 is 7.49. The number of hydrogen-bond acceptors (Lipinski definition) is 6. The first-order chi connectivity index (χ1) is 9.67. The highest BCUT2D eigenvalue weighted by molar-refractivity contribution is 7.98. The van der Waals surface area contributed by atoms with E-state index in [-0.39, 0.29) is 6.61 Å². The van der Waals surface area contributed by atoms with Gasteiger partial charge >= 0.3 is 0 Å². The van der Waals surface area contributed by atoms with Gasteiger partial charge in [-0.25, -0.2) is 0 Å². The van der Waals surface area contributed by atoms with E-state index in [0.29, 0.717) is 28.9 Å². The van der Waals surface area contributed by atoms with Crippen molar-refractivity contribution in [2.24, 2.45) is 0 Å². The molecule has 0 aliphatic carbocycles. The van der Waals surface area contributed by atoms with E-state index < -0.39 is 6.10 Å². The molecule has 1 heterocycles. The summed E-state index contributed by atoms with van der Waals surface area (Å²) in [5, 5.41) is 14.2. The molecule has 108 valence electrons. The number of benzene rings is 1. The van der Waals surface area contributed by atoms with Crippen molar-refractivity contribution in [1.82, 2.24) is 10.1 Å². The molecule has 7 heteroatoms. The number of halogens is 1. The molecule has 5 nitrogen and oxygen atoms in total. The molecule has 2 rings (SSSR count). The van der Waals surface area contributed by atoms with E-state index in [2.05, 4.69) is 10.1 Å². The quantitative estimate of drug-likeness (QED) is 0.792. The van der Waals surface area contributed by atoms with E-state index in [9.17, 15) is 5.11 Å². The summed E-state index contributed by atoms with van der Waals surface area (Å²) in [4.78, 5) is 5.27. The Morgan fingerprint density at radius 1 is 1.50 bits per heavy atom. The van der Waals surface area contributed by atoms with E-state index in [1.165, 1.54) is 7.11 Å². The van der Waals surface area contributed by atoms with Crippen LogP contribution in [0.2, 0.25) is 5.02 Å². The first-order valence-electron chi connectivity index (χ1n) is 6.04. The van der Waals surface area contributed by atoms with Crippen LogP contribution in [0.4, 0.5) is 0 Å². The van der Waals surface area contributed by atoms with Gasteiger partial charge < -0.3 is 14.4 Å². The molecule has 0 aliphatic rings. The van der Waals surface area contributed by atoms with E-state index in [0.717, 1.165) is 4.90 Å². The fourth-order valence-corrected chi connectivity index (χ4v) is 2.64. The second-order valence-electron chi connectivity index (χ2n) is 4.16. The van der Waals surface area contributed by atoms with Gasteiger partial charge in [-0.2, -0.15) is 4.98 Å². The molecule has 0 bridgehead atoms. The highest BCUT2D eigenvalue weighted by Crippen LogP contribution is 2.24. The number of rotatable bonds is 7. The molecule has 0 amide bonds. The zero-order valence-corrected chi connectivity index (χ0v) is 12.5. The monoisotopic (exact) mass is 314 g/mol. The van der Waals surface area contributed by atoms with Crippen LogP contribution in [0.25, 0.3) is 0 Å². The van der Waals surface area contributed by atoms with Gasteiger partial charge in [0.2, 0.25) is 5.89 Å². The number of nitrogens with zero attached hydrogens (tertiary/aromatic N) is 2. The number of aliphatic hydroxyl groups excluding tert-OH is 1. The van der Waals surface area contributed by atoms with Crippen molar-refractivity contribution in [2.45, 2.75) is 23.2 Å². The Balaban J connectivity index is 1.86. The van der Waals surface area contributed by atoms with Gasteiger partial charge in [-0.05, 0) is 18.2 Å². The van der Waals surface area contributed by atoms with Gasteiger partial charge in [0.25, 0.3) is 0 Å². The third-order valence-electron chi connectivity index (χ3n) is 2.44. The number of aromatic nitrogens is 2. The Kier molecular flexibility index (Phi) is 5.85. The van der Waals surface area contributed by atoms with E-state index in [1.807, 2.05) is 24.3 Å². The van der Waals surface area contributed by atoms with Crippen molar-refractivity contribution in [1.29, 1.82) is 0 Å². The minimum Gasteiger partial charge on any atom is -0.390 e. The lowest BCUT2D eigenvalue weighted by Crippen LogP contribution is -2.17. The second kappa shape index (κ2) is 7.64. The minimum absolute atomic E-state index is 0.245. The summed E-state index contributed by atoms with van der Waals surface area (Å²) in [6.07, 6.45) is -0.336. The van der Waals surface area contributed by atoms with Crippen LogP contribution in [0.1, 0.15) is 11.7 Å². The molecule has 1 aromatic heterocycles. The first kappa shape index (κ1) is 15.3. The highest BCUT2D eigenvalue weighted by Gasteiger charge is 2.12. The van der Waals surface area contributed by atoms with E-state index >= 15 is 0 Å². The maximum atomic E-state index is 9.58. The lowest BCUT2D eigenvalue weighted by Gasteiger charge is -2.04. The van der Waals surface area contributed by atoms with Gasteiger partial charge in [0.15, 0.2) is 5.82 Å². The lowest BCUT2D eigenvalue weighted by atomic mass is 10.3. The fourth-order valence-electron chi connectivity index (χ4n) is 1.59. The largest absolute Gasteiger partial charge is 0.390 e. The van der Waals surface area contributed by atoms with Crippen LogP contribution >= 0.6 is 23.4 Å². The highest BCUT2D eigenvalue weighted by atomic mass is 35.5. The molecular weight excluding hydrogens is 300 g/mol. The molecular formula is C13H15ClN2O3S. The van der Waals surface area contributed by atoms with Crippen molar-refractivity contribution < 1.29 is 14.4 Å². The van der Waals surface area contributed by atoms with Crippen molar-refractivity contribution >= 4 is 23.4 Å². The summed E-state index contributed by atoms with van der Waals surface area (Å²) in [6.45, 7) is 0.245. The minimum atomic E-state index is -0.631. The summed E-state index contributed by atoms with van der Waals surface area (Å²) in [5.74, 6) is 1.59. The topological polar surface area (TPSA) is 68.4 Å². The molecule has 20 heavy (non-hydrogen) atoms. The zero-order chi connectivity index (χ0) is 14.4. The predicted octanol–water partition coefficient (Wildman–Crippen LogP) is 2.57. The molecule has 0 fully saturated rings. The molecule has 0 radical (unpaired) electrons. The maximum absolute atomic E-state index is 9.58. The molecule has 0 saturated heterocycles. The summed E-state index contributed by atoms with van der Waals surface area (Å²) in [6, 6.07) is 7.58. The van der Waals surface area contributed by atoms with Gasteiger partial charge in [-0.3, -0.25) is 0 Å². The number of methoxy groups -OCH3 is 1. The average molecular weight is 315 g/mol. The third-order valence-corrected chi connectivity index (χ3v) is 3.67. The number of aliphatic hydroxyl groups is 1. The van der Waals surface area contributed by atoms with Crippen molar-refractivity contribution in [2.75, 3.05) is 13.7 Å². The standard InChI is InChI=1S/C13H15ClN2O3S/c1-18-7-10(17)6-13-15-12(16-19-13)8-20-11-4-2-3-9(14)5-11/h2-5,10,17H,6-8H2,1H3. The molecule has 0 saturated carbocycles. The lowest BCUT2D eigenvalue weighted by molar-refractivity contribution is 0.0599. The van der Waals surface area contributed by atoms with Gasteiger partial charge in [-0.15, -0.1) is 11.8 Å². The van der Waals surface area contributed by atoms with Crippen LogP contribution in [-0.2, 0) is 16.9 Å². The molecule has 0 aliphatic heterocycles. The maximum Gasteiger partial charge on any atom is 0.229 e. The molecule has 1 atom stereocenters. The normalized spacial score (nSPS) is 12.6. The number of hydrogen-bond donors (Lipinski definition) is 1. The molecule has 2 aromatic rings. The number of thioether (sulfide) groups is 1. The van der Waals surface area contributed by atoms with Crippen molar-refractivity contribution in [3.8, 4) is 0 Å². The first-order valence-corrected chi connectivity index (χ1v) is 7.40. The Labute approximate surface area is 126 Å². The smallest absolute Gasteiger partial charge is 0.229 e. The van der Waals surface area contributed by atoms with Crippen LogP contribution in [0.15, 0.2) is 33.7 Å². The second-order valence-corrected chi connectivity index (χ2v) is 5.65. The Bertz CT molecular complexity index is 550. The van der Waals surface area contributed by atoms with Crippen LogP contribution in [0.5, 0.6) is 0 Å². The molecule has 1 aromatic carbocycles. The third kappa shape index (κ3) is 4.79. The van der Waals surface area contributed by atoms with Crippen LogP contribution in [0, 0.1) is 0 Å². The van der Waals surface area contributed by atoms with Gasteiger partial charge in [0.1, 0.15) is 0 Å². The predicted molar refractivity (Wildman–Crippen MR) is 76.9 cm³/mol. The summed E-state index contributed by atoms with van der Waals surface area (Å²) in [5.41, 5.74) is 0. The summed E-state index contributed by atoms with van der Waals surface area (Å²) < 4.78 is 9.92. The van der Waals surface area contributed by atoms with Gasteiger partial charge in [-0.1, -0.05) is 22.8 Å². The average Bonchev–Trinajstić information content (AvgIpc) is 2.84. The van der Waals surface area contributed by atoms with Crippen LogP contribution in [-0.4, -0.2) is 35.1 Å². The van der Waals surface area contributed by atoms with Crippen LogP contribution in [0.3, 0.4) is 0 Å². The Morgan fingerprint density at radius 3 is 3.10 bits per heavy atom. The van der Waals surface area contributed by atoms with E-state index in [4.69, 9.17) is 20.9 Å². The molecule has 1 N–H and O–H groups in total. The van der Waals surface area contributed by atoms with E-state index in [1.54, 1.807) is 11.8 Å². The van der Waals surface area contributed by atoms with Crippen LogP contribution < -0.4 is 0 Å². The Hall–Kier alpha value is -1.08. The fraction of sp³-hybridized carbons (Fsp3) is 0.385. The van der Waals surface area contributed by atoms with Gasteiger partial charge in [0, 0.05) is 17.0 Å². The van der Waals surface area contributed by atoms with Crippen molar-refractivity contribution in [3.63, 3.8) is 0 Å². The molecule has 1 unspecified atom stereocenters. The number of ether oxygens (including phenoxy) is 1. The van der Waals surface area contributed by atoms with Crippen molar-refractivity contribution in [3.05, 3.63) is 41.0 Å².